The van der Waals surface area contributed by atoms with E-state index in [2.05, 4.69) is 56.8 Å². The number of aromatic amines is 1. The van der Waals surface area contributed by atoms with Crippen LogP contribution in [0.4, 0.5) is 0 Å². The molecule has 2 aromatic heterocycles. The van der Waals surface area contributed by atoms with Crippen molar-refractivity contribution >= 4 is 42.3 Å². The van der Waals surface area contributed by atoms with Crippen molar-refractivity contribution in [1.82, 2.24) is 15.3 Å². The zero-order chi connectivity index (χ0) is 22.2. The van der Waals surface area contributed by atoms with E-state index in [9.17, 15) is 4.79 Å². The van der Waals surface area contributed by atoms with Gasteiger partial charge in [-0.15, -0.1) is 9.24 Å². The third-order valence-electron chi connectivity index (χ3n) is 5.77. The second-order valence-corrected chi connectivity index (χ2v) is 8.92. The number of rotatable bonds is 4. The lowest BCUT2D eigenvalue weighted by molar-refractivity contribution is 0.0952. The number of aryl methyl sites for hydroxylation is 2. The summed E-state index contributed by atoms with van der Waals surface area (Å²) >= 11 is 0. The highest BCUT2D eigenvalue weighted by atomic mass is 31.0. The summed E-state index contributed by atoms with van der Waals surface area (Å²) in [6.07, 6.45) is 1.97. The van der Waals surface area contributed by atoms with E-state index in [1.165, 1.54) is 5.56 Å². The Morgan fingerprint density at radius 3 is 2.53 bits per heavy atom. The maximum atomic E-state index is 13.3. The molecule has 0 aliphatic rings. The van der Waals surface area contributed by atoms with E-state index in [-0.39, 0.29) is 5.91 Å². The Bertz CT molecular complexity index is 1470. The van der Waals surface area contributed by atoms with Crippen LogP contribution in [0, 0.1) is 13.8 Å². The second kappa shape index (κ2) is 8.22. The zero-order valence-electron chi connectivity index (χ0n) is 18.1. The molecule has 0 fully saturated rings. The van der Waals surface area contributed by atoms with Crippen molar-refractivity contribution in [3.8, 4) is 11.3 Å². The Morgan fingerprint density at radius 1 is 0.938 bits per heavy atom. The van der Waals surface area contributed by atoms with E-state index in [0.29, 0.717) is 12.1 Å². The fourth-order valence-corrected chi connectivity index (χ4v) is 4.26. The number of fused-ring (bicyclic) bond motifs is 2. The van der Waals surface area contributed by atoms with Gasteiger partial charge in [-0.25, -0.2) is 4.98 Å². The number of hydrogen-bond acceptors (Lipinski definition) is 2. The lowest BCUT2D eigenvalue weighted by Crippen LogP contribution is -2.23. The lowest BCUT2D eigenvalue weighted by atomic mass is 10.0. The molecule has 0 bridgehead atoms. The van der Waals surface area contributed by atoms with Gasteiger partial charge in [-0.05, 0) is 54.5 Å². The smallest absolute Gasteiger partial charge is 0.252 e. The van der Waals surface area contributed by atoms with Crippen LogP contribution in [0.15, 0.2) is 72.9 Å². The first-order chi connectivity index (χ1) is 15.5. The number of H-pyrrole nitrogens is 1. The largest absolute Gasteiger partial charge is 0.360 e. The summed E-state index contributed by atoms with van der Waals surface area (Å²) in [6.45, 7) is 4.57. The molecule has 5 heteroatoms. The molecule has 0 aliphatic heterocycles. The SMILES string of the molecule is Cc1ccc(CNC(=O)c2cc(-c3c[nH]c4ccc(P)cc34)nc3cc(C)ccc23)cc1. The Labute approximate surface area is 189 Å². The van der Waals surface area contributed by atoms with Crippen LogP contribution in [0.1, 0.15) is 27.0 Å². The Balaban J connectivity index is 1.58. The van der Waals surface area contributed by atoms with Gasteiger partial charge in [-0.1, -0.05) is 48.0 Å². The number of amides is 1. The Hall–Kier alpha value is -3.49. The summed E-state index contributed by atoms with van der Waals surface area (Å²) in [4.78, 5) is 21.5. The highest BCUT2D eigenvalue weighted by molar-refractivity contribution is 7.27. The molecule has 1 unspecified atom stereocenters. The second-order valence-electron chi connectivity index (χ2n) is 8.25. The average Bonchev–Trinajstić information content (AvgIpc) is 3.20. The van der Waals surface area contributed by atoms with Gasteiger partial charge >= 0.3 is 0 Å². The highest BCUT2D eigenvalue weighted by Crippen LogP contribution is 2.30. The number of hydrogen-bond donors (Lipinski definition) is 2. The summed E-state index contributed by atoms with van der Waals surface area (Å²) in [5.74, 6) is -0.102. The standard InChI is InChI=1S/C27H24N3OP/c1-16-3-6-18(7-4-16)14-29-27(31)22-13-26(30-25-11-17(2)5-9-20(22)25)23-15-28-24-10-8-19(32)12-21(23)24/h3-13,15,28H,14,32H2,1-2H3,(H,29,31). The quantitative estimate of drug-likeness (QED) is 0.368. The molecular formula is C27H24N3OP. The van der Waals surface area contributed by atoms with Crippen molar-refractivity contribution in [3.05, 3.63) is 95.2 Å². The number of nitrogens with one attached hydrogen (secondary N) is 2. The van der Waals surface area contributed by atoms with Crippen LogP contribution >= 0.6 is 9.24 Å². The molecule has 0 spiro atoms. The van der Waals surface area contributed by atoms with Gasteiger partial charge in [0, 0.05) is 34.6 Å². The molecule has 0 radical (unpaired) electrons. The summed E-state index contributed by atoms with van der Waals surface area (Å²) in [5, 5.41) is 6.13. The molecule has 2 heterocycles. The van der Waals surface area contributed by atoms with Gasteiger partial charge in [-0.2, -0.15) is 0 Å². The number of carbonyl (C=O) groups is 1. The molecule has 158 valence electrons. The topological polar surface area (TPSA) is 57.8 Å². The van der Waals surface area contributed by atoms with Gasteiger partial charge in [0.25, 0.3) is 5.91 Å². The normalized spacial score (nSPS) is 11.2. The van der Waals surface area contributed by atoms with Gasteiger partial charge in [0.1, 0.15) is 0 Å². The van der Waals surface area contributed by atoms with Gasteiger partial charge < -0.3 is 10.3 Å². The first-order valence-electron chi connectivity index (χ1n) is 10.6. The first-order valence-corrected chi connectivity index (χ1v) is 11.2. The number of aromatic nitrogens is 2. The van der Waals surface area contributed by atoms with E-state index in [1.54, 1.807) is 0 Å². The molecular weight excluding hydrogens is 413 g/mol. The van der Waals surface area contributed by atoms with Crippen LogP contribution in [0.5, 0.6) is 0 Å². The predicted molar refractivity (Wildman–Crippen MR) is 135 cm³/mol. The van der Waals surface area contributed by atoms with Crippen LogP contribution in [-0.4, -0.2) is 15.9 Å². The number of pyridine rings is 1. The fraction of sp³-hybridized carbons (Fsp3) is 0.111. The molecule has 1 amide bonds. The predicted octanol–water partition coefficient (Wildman–Crippen LogP) is 5.43. The molecule has 5 aromatic rings. The van der Waals surface area contributed by atoms with Crippen molar-refractivity contribution in [2.24, 2.45) is 0 Å². The van der Waals surface area contributed by atoms with Crippen LogP contribution in [0.25, 0.3) is 33.1 Å². The van der Waals surface area contributed by atoms with Crippen LogP contribution in [0.2, 0.25) is 0 Å². The van der Waals surface area contributed by atoms with Crippen molar-refractivity contribution < 1.29 is 4.79 Å². The monoisotopic (exact) mass is 437 g/mol. The lowest BCUT2D eigenvalue weighted by Gasteiger charge is -2.11. The van der Waals surface area contributed by atoms with Crippen molar-refractivity contribution in [1.29, 1.82) is 0 Å². The minimum Gasteiger partial charge on any atom is -0.360 e. The van der Waals surface area contributed by atoms with Crippen molar-refractivity contribution in [2.45, 2.75) is 20.4 Å². The van der Waals surface area contributed by atoms with E-state index < -0.39 is 0 Å². The van der Waals surface area contributed by atoms with Gasteiger partial charge in [0.2, 0.25) is 0 Å². The van der Waals surface area contributed by atoms with Gasteiger partial charge in [0.15, 0.2) is 0 Å². The van der Waals surface area contributed by atoms with E-state index in [0.717, 1.165) is 49.5 Å². The van der Waals surface area contributed by atoms with Gasteiger partial charge in [-0.3, -0.25) is 4.79 Å². The minimum atomic E-state index is -0.102. The summed E-state index contributed by atoms with van der Waals surface area (Å²) in [6, 6.07) is 22.4. The van der Waals surface area contributed by atoms with Crippen molar-refractivity contribution in [3.63, 3.8) is 0 Å². The van der Waals surface area contributed by atoms with Crippen LogP contribution in [0.3, 0.4) is 0 Å². The molecule has 1 atom stereocenters. The average molecular weight is 437 g/mol. The third kappa shape index (κ3) is 3.90. The number of benzene rings is 3. The Kier molecular flexibility index (Phi) is 5.24. The van der Waals surface area contributed by atoms with Gasteiger partial charge in [0.05, 0.1) is 16.8 Å². The molecule has 32 heavy (non-hydrogen) atoms. The maximum Gasteiger partial charge on any atom is 0.252 e. The number of carbonyl (C=O) groups excluding carboxylic acids is 1. The molecule has 4 nitrogen and oxygen atoms in total. The van der Waals surface area contributed by atoms with Crippen molar-refractivity contribution in [2.75, 3.05) is 0 Å². The molecule has 0 aliphatic carbocycles. The van der Waals surface area contributed by atoms with Crippen LogP contribution < -0.4 is 10.6 Å². The first kappa shape index (κ1) is 20.4. The fourth-order valence-electron chi connectivity index (χ4n) is 4.00. The molecule has 0 saturated carbocycles. The molecule has 2 N–H and O–H groups in total. The third-order valence-corrected chi connectivity index (χ3v) is 6.12. The number of nitrogens with zero attached hydrogens (tertiary/aromatic N) is 1. The highest BCUT2D eigenvalue weighted by Gasteiger charge is 2.16. The summed E-state index contributed by atoms with van der Waals surface area (Å²) < 4.78 is 0. The van der Waals surface area contributed by atoms with E-state index in [4.69, 9.17) is 4.98 Å². The zero-order valence-corrected chi connectivity index (χ0v) is 19.2. The van der Waals surface area contributed by atoms with E-state index >= 15 is 0 Å². The minimum absolute atomic E-state index is 0.102. The van der Waals surface area contributed by atoms with E-state index in [1.807, 2.05) is 49.5 Å². The summed E-state index contributed by atoms with van der Waals surface area (Å²) in [5.41, 5.74) is 7.65. The molecule has 0 saturated heterocycles. The molecule has 3 aromatic carbocycles. The summed E-state index contributed by atoms with van der Waals surface area (Å²) in [7, 11) is 2.74. The molecule has 5 rings (SSSR count). The Morgan fingerprint density at radius 2 is 1.72 bits per heavy atom. The maximum absolute atomic E-state index is 13.3. The van der Waals surface area contributed by atoms with Crippen LogP contribution in [-0.2, 0) is 6.54 Å².